The molecule has 2 atom stereocenters. The van der Waals surface area contributed by atoms with E-state index in [2.05, 4.69) is 34.5 Å². The number of carbonyl (C=O) groups is 1. The van der Waals surface area contributed by atoms with Crippen LogP contribution in [0.15, 0.2) is 24.3 Å². The Balaban J connectivity index is 1.41. The molecule has 1 heterocycles. The Labute approximate surface area is 145 Å². The molecule has 1 aliphatic heterocycles. The van der Waals surface area contributed by atoms with E-state index in [9.17, 15) is 4.79 Å². The lowest BCUT2D eigenvalue weighted by Crippen LogP contribution is -2.31. The molecule has 24 heavy (non-hydrogen) atoms. The maximum atomic E-state index is 12.1. The molecule has 1 aromatic carbocycles. The minimum atomic E-state index is 0.134. The van der Waals surface area contributed by atoms with Crippen molar-refractivity contribution >= 4 is 5.91 Å². The van der Waals surface area contributed by atoms with Gasteiger partial charge in [0.2, 0.25) is 5.91 Å². The first-order valence-corrected chi connectivity index (χ1v) is 9.53. The van der Waals surface area contributed by atoms with Crippen molar-refractivity contribution in [2.75, 3.05) is 13.1 Å². The van der Waals surface area contributed by atoms with Gasteiger partial charge in [-0.1, -0.05) is 37.1 Å². The van der Waals surface area contributed by atoms with Crippen LogP contribution < -0.4 is 11.1 Å². The molecule has 1 saturated carbocycles. The molecule has 0 aromatic heterocycles. The number of nitrogens with two attached hydrogens (primary N) is 1. The summed E-state index contributed by atoms with van der Waals surface area (Å²) in [6.45, 7) is 4.11. The highest BCUT2D eigenvalue weighted by molar-refractivity contribution is 5.76. The van der Waals surface area contributed by atoms with Gasteiger partial charge in [0.25, 0.3) is 0 Å². The molecule has 132 valence electrons. The van der Waals surface area contributed by atoms with Crippen LogP contribution in [0.3, 0.4) is 0 Å². The molecule has 3 rings (SSSR count). The lowest BCUT2D eigenvalue weighted by molar-refractivity contribution is -0.122. The highest BCUT2D eigenvalue weighted by atomic mass is 16.1. The lowest BCUT2D eigenvalue weighted by Gasteiger charge is -2.26. The Morgan fingerprint density at radius 1 is 1.04 bits per heavy atom. The standard InChI is InChI=1S/C20H31N3O/c21-19-6-4-5-18(19)13-20(24)22-14-16-7-9-17(10-8-16)15-23-11-2-1-3-12-23/h7-10,18-19H,1-6,11-15,21H2,(H,22,24)/t18-,19+/m0/s1. The Hall–Kier alpha value is -1.39. The van der Waals surface area contributed by atoms with Crippen molar-refractivity contribution in [2.45, 2.75) is 64.1 Å². The van der Waals surface area contributed by atoms with Crippen molar-refractivity contribution in [1.82, 2.24) is 10.2 Å². The Morgan fingerprint density at radius 2 is 1.75 bits per heavy atom. The average molecular weight is 329 g/mol. The van der Waals surface area contributed by atoms with E-state index in [1.54, 1.807) is 0 Å². The van der Waals surface area contributed by atoms with Crippen molar-refractivity contribution in [3.05, 3.63) is 35.4 Å². The van der Waals surface area contributed by atoms with Crippen molar-refractivity contribution in [2.24, 2.45) is 11.7 Å². The molecular weight excluding hydrogens is 298 g/mol. The van der Waals surface area contributed by atoms with Gasteiger partial charge in [-0.15, -0.1) is 0 Å². The second-order valence-corrected chi connectivity index (χ2v) is 7.49. The van der Waals surface area contributed by atoms with Crippen LogP contribution in [0.2, 0.25) is 0 Å². The second-order valence-electron chi connectivity index (χ2n) is 7.49. The van der Waals surface area contributed by atoms with Crippen LogP contribution in [0.1, 0.15) is 56.1 Å². The van der Waals surface area contributed by atoms with Crippen LogP contribution in [0.25, 0.3) is 0 Å². The largest absolute Gasteiger partial charge is 0.352 e. The fraction of sp³-hybridized carbons (Fsp3) is 0.650. The number of nitrogens with zero attached hydrogens (tertiary/aromatic N) is 1. The van der Waals surface area contributed by atoms with Crippen LogP contribution in [-0.4, -0.2) is 29.9 Å². The summed E-state index contributed by atoms with van der Waals surface area (Å²) in [5.74, 6) is 0.506. The zero-order valence-electron chi connectivity index (χ0n) is 14.7. The maximum absolute atomic E-state index is 12.1. The first kappa shape index (κ1) is 17.4. The number of amides is 1. The molecule has 2 fully saturated rings. The number of nitrogens with one attached hydrogen (secondary N) is 1. The third-order valence-electron chi connectivity index (χ3n) is 5.53. The Kier molecular flexibility index (Phi) is 6.27. The van der Waals surface area contributed by atoms with Gasteiger partial charge in [0, 0.05) is 25.6 Å². The van der Waals surface area contributed by atoms with E-state index >= 15 is 0 Å². The van der Waals surface area contributed by atoms with E-state index in [0.717, 1.165) is 25.8 Å². The topological polar surface area (TPSA) is 58.4 Å². The summed E-state index contributed by atoms with van der Waals surface area (Å²) in [6, 6.07) is 8.89. The van der Waals surface area contributed by atoms with Gasteiger partial charge in [0.15, 0.2) is 0 Å². The fourth-order valence-corrected chi connectivity index (χ4v) is 3.97. The van der Waals surface area contributed by atoms with E-state index in [-0.39, 0.29) is 11.9 Å². The van der Waals surface area contributed by atoms with Crippen molar-refractivity contribution in [1.29, 1.82) is 0 Å². The number of carbonyl (C=O) groups excluding carboxylic acids is 1. The van der Waals surface area contributed by atoms with Crippen LogP contribution in [-0.2, 0) is 17.9 Å². The predicted octanol–water partition coefficient (Wildman–Crippen LogP) is 2.81. The minimum absolute atomic E-state index is 0.134. The molecular formula is C20H31N3O. The normalized spacial score (nSPS) is 24.9. The molecule has 0 spiro atoms. The highest BCUT2D eigenvalue weighted by Gasteiger charge is 2.25. The summed E-state index contributed by atoms with van der Waals surface area (Å²) < 4.78 is 0. The molecule has 1 aromatic rings. The molecule has 2 aliphatic rings. The average Bonchev–Trinajstić information content (AvgIpc) is 3.00. The molecule has 1 aliphatic carbocycles. The fourth-order valence-electron chi connectivity index (χ4n) is 3.97. The van der Waals surface area contributed by atoms with Crippen LogP contribution in [0.5, 0.6) is 0 Å². The van der Waals surface area contributed by atoms with Crippen LogP contribution >= 0.6 is 0 Å². The molecule has 0 radical (unpaired) electrons. The minimum Gasteiger partial charge on any atom is -0.352 e. The summed E-state index contributed by atoms with van der Waals surface area (Å²) in [4.78, 5) is 14.6. The van der Waals surface area contributed by atoms with E-state index in [4.69, 9.17) is 5.73 Å². The van der Waals surface area contributed by atoms with Crippen molar-refractivity contribution < 1.29 is 4.79 Å². The summed E-state index contributed by atoms with van der Waals surface area (Å²) in [5, 5.41) is 3.04. The molecule has 0 bridgehead atoms. The molecule has 1 saturated heterocycles. The number of benzene rings is 1. The Bertz CT molecular complexity index is 522. The van der Waals surface area contributed by atoms with E-state index in [1.165, 1.54) is 43.5 Å². The zero-order chi connectivity index (χ0) is 16.8. The SMILES string of the molecule is N[C@@H]1CCC[C@H]1CC(=O)NCc1ccc(CN2CCCCC2)cc1. The number of hydrogen-bond acceptors (Lipinski definition) is 3. The van der Waals surface area contributed by atoms with Gasteiger partial charge in [-0.25, -0.2) is 0 Å². The van der Waals surface area contributed by atoms with Gasteiger partial charge in [0.1, 0.15) is 0 Å². The number of piperidine rings is 1. The summed E-state index contributed by atoms with van der Waals surface area (Å²) in [7, 11) is 0. The van der Waals surface area contributed by atoms with Gasteiger partial charge in [0.05, 0.1) is 0 Å². The zero-order valence-corrected chi connectivity index (χ0v) is 14.7. The third kappa shape index (κ3) is 5.05. The molecule has 0 unspecified atom stereocenters. The van der Waals surface area contributed by atoms with Crippen LogP contribution in [0, 0.1) is 5.92 Å². The molecule has 3 N–H and O–H groups in total. The lowest BCUT2D eigenvalue weighted by atomic mass is 10.00. The summed E-state index contributed by atoms with van der Waals surface area (Å²) >= 11 is 0. The van der Waals surface area contributed by atoms with E-state index in [1.807, 2.05) is 0 Å². The maximum Gasteiger partial charge on any atom is 0.220 e. The number of hydrogen-bond donors (Lipinski definition) is 2. The first-order chi connectivity index (χ1) is 11.7. The molecule has 4 nitrogen and oxygen atoms in total. The highest BCUT2D eigenvalue weighted by Crippen LogP contribution is 2.26. The van der Waals surface area contributed by atoms with E-state index in [0.29, 0.717) is 18.9 Å². The molecule has 4 heteroatoms. The Morgan fingerprint density at radius 3 is 2.42 bits per heavy atom. The molecule has 1 amide bonds. The third-order valence-corrected chi connectivity index (χ3v) is 5.53. The summed E-state index contributed by atoms with van der Waals surface area (Å²) in [6.07, 6.45) is 7.94. The van der Waals surface area contributed by atoms with Gasteiger partial charge >= 0.3 is 0 Å². The van der Waals surface area contributed by atoms with Gasteiger partial charge in [-0.3, -0.25) is 9.69 Å². The second kappa shape index (κ2) is 8.63. The van der Waals surface area contributed by atoms with Crippen molar-refractivity contribution in [3.63, 3.8) is 0 Å². The van der Waals surface area contributed by atoms with Gasteiger partial charge in [-0.2, -0.15) is 0 Å². The smallest absolute Gasteiger partial charge is 0.220 e. The van der Waals surface area contributed by atoms with E-state index < -0.39 is 0 Å². The first-order valence-electron chi connectivity index (χ1n) is 9.53. The van der Waals surface area contributed by atoms with Gasteiger partial charge in [-0.05, 0) is 55.8 Å². The van der Waals surface area contributed by atoms with Crippen molar-refractivity contribution in [3.8, 4) is 0 Å². The van der Waals surface area contributed by atoms with Gasteiger partial charge < -0.3 is 11.1 Å². The summed E-state index contributed by atoms with van der Waals surface area (Å²) in [5.41, 5.74) is 8.58. The monoisotopic (exact) mass is 329 g/mol. The van der Waals surface area contributed by atoms with Crippen LogP contribution in [0.4, 0.5) is 0 Å². The quantitative estimate of drug-likeness (QED) is 0.844. The number of rotatable bonds is 6. The number of likely N-dealkylation sites (tertiary alicyclic amines) is 1. The predicted molar refractivity (Wildman–Crippen MR) is 97.4 cm³/mol.